The molecular formula is C28H46O2P+. The fourth-order valence-electron chi connectivity index (χ4n) is 5.32. The van der Waals surface area contributed by atoms with E-state index in [1.807, 2.05) is 32.9 Å². The first-order chi connectivity index (χ1) is 15.0. The highest BCUT2D eigenvalue weighted by Gasteiger charge is 2.31. The highest BCUT2D eigenvalue weighted by molar-refractivity contribution is 7.64. The van der Waals surface area contributed by atoms with Crippen molar-refractivity contribution in [1.29, 1.82) is 0 Å². The van der Waals surface area contributed by atoms with Crippen molar-refractivity contribution in [3.05, 3.63) is 34.4 Å². The SMILES string of the molecule is Cc1cc(C)c(C(=O)[P+](=O)CCCCCCCCCCCCC2CCCCC2)c(C)c1. The molecule has 0 heterocycles. The van der Waals surface area contributed by atoms with Gasteiger partial charge in [-0.2, -0.15) is 0 Å². The van der Waals surface area contributed by atoms with Crippen molar-refractivity contribution in [3.8, 4) is 0 Å². The molecule has 31 heavy (non-hydrogen) atoms. The Bertz CT molecular complexity index is 665. The summed E-state index contributed by atoms with van der Waals surface area (Å²) < 4.78 is 12.5. The van der Waals surface area contributed by atoms with Crippen molar-refractivity contribution in [1.82, 2.24) is 0 Å². The molecule has 3 heteroatoms. The fourth-order valence-corrected chi connectivity index (χ4v) is 6.64. The second-order valence-corrected chi connectivity index (χ2v) is 11.6. The molecule has 0 spiro atoms. The summed E-state index contributed by atoms with van der Waals surface area (Å²) in [6.07, 6.45) is 22.3. The molecule has 2 rings (SSSR count). The van der Waals surface area contributed by atoms with Crippen molar-refractivity contribution in [2.75, 3.05) is 6.16 Å². The molecule has 1 aliphatic rings. The Kier molecular flexibility index (Phi) is 12.6. The largest absolute Gasteiger partial charge is 0.420 e. The van der Waals surface area contributed by atoms with Gasteiger partial charge in [-0.1, -0.05) is 112 Å². The standard InChI is InChI=1S/C28H46O2P/c1-23-21-24(2)27(25(3)22-23)28(29)31(30)20-16-11-9-7-5-4-6-8-10-13-17-26-18-14-12-15-19-26/h21-22,26H,4-20H2,1-3H3/q+1. The monoisotopic (exact) mass is 445 g/mol. The summed E-state index contributed by atoms with van der Waals surface area (Å²) in [5, 5.41) is 0. The zero-order chi connectivity index (χ0) is 22.5. The molecule has 2 nitrogen and oxygen atoms in total. The van der Waals surface area contributed by atoms with E-state index in [0.717, 1.165) is 35.4 Å². The van der Waals surface area contributed by atoms with E-state index in [1.54, 1.807) is 0 Å². The summed E-state index contributed by atoms with van der Waals surface area (Å²) in [5.41, 5.74) is 3.61. The summed E-state index contributed by atoms with van der Waals surface area (Å²) in [4.78, 5) is 12.6. The van der Waals surface area contributed by atoms with Crippen LogP contribution in [-0.4, -0.2) is 11.7 Å². The molecule has 0 amide bonds. The molecule has 0 aromatic heterocycles. The third-order valence-corrected chi connectivity index (χ3v) is 8.46. The maximum Gasteiger partial charge on any atom is 0.420 e. The van der Waals surface area contributed by atoms with Crippen LogP contribution in [0.5, 0.6) is 0 Å². The number of hydrogen-bond acceptors (Lipinski definition) is 2. The van der Waals surface area contributed by atoms with Gasteiger partial charge in [0.2, 0.25) is 0 Å². The Morgan fingerprint density at radius 2 is 1.26 bits per heavy atom. The van der Waals surface area contributed by atoms with Crippen LogP contribution in [0.4, 0.5) is 0 Å². The summed E-state index contributed by atoms with van der Waals surface area (Å²) >= 11 is 0. The van der Waals surface area contributed by atoms with Gasteiger partial charge in [0.1, 0.15) is 0 Å². The molecule has 1 unspecified atom stereocenters. The first-order valence-corrected chi connectivity index (χ1v) is 14.5. The summed E-state index contributed by atoms with van der Waals surface area (Å²) in [5.74, 6) is 1.05. The predicted molar refractivity (Wildman–Crippen MR) is 135 cm³/mol. The fraction of sp³-hybridized carbons (Fsp3) is 0.750. The molecule has 1 aromatic rings. The summed E-state index contributed by atoms with van der Waals surface area (Å²) in [7, 11) is -1.79. The first-order valence-electron chi connectivity index (χ1n) is 13.1. The van der Waals surface area contributed by atoms with Crippen molar-refractivity contribution < 1.29 is 9.36 Å². The van der Waals surface area contributed by atoms with E-state index < -0.39 is 7.80 Å². The quantitative estimate of drug-likeness (QED) is 0.199. The van der Waals surface area contributed by atoms with Crippen molar-refractivity contribution in [3.63, 3.8) is 0 Å². The van der Waals surface area contributed by atoms with Gasteiger partial charge in [-0.15, -0.1) is 0 Å². The number of rotatable bonds is 15. The van der Waals surface area contributed by atoms with Gasteiger partial charge in [-0.25, -0.2) is 4.79 Å². The third kappa shape index (κ3) is 9.98. The Morgan fingerprint density at radius 3 is 1.81 bits per heavy atom. The molecule has 1 atom stereocenters. The molecule has 0 N–H and O–H groups in total. The van der Waals surface area contributed by atoms with Crippen LogP contribution in [0.3, 0.4) is 0 Å². The van der Waals surface area contributed by atoms with E-state index in [0.29, 0.717) is 11.7 Å². The van der Waals surface area contributed by atoms with Gasteiger partial charge in [0.25, 0.3) is 0 Å². The van der Waals surface area contributed by atoms with Gasteiger partial charge in [0.15, 0.2) is 6.16 Å². The number of aryl methyl sites for hydroxylation is 3. The topological polar surface area (TPSA) is 34.1 Å². The van der Waals surface area contributed by atoms with Crippen molar-refractivity contribution in [2.24, 2.45) is 5.92 Å². The van der Waals surface area contributed by atoms with Crippen LogP contribution in [0, 0.1) is 26.7 Å². The molecule has 1 fully saturated rings. The lowest BCUT2D eigenvalue weighted by atomic mass is 9.85. The Labute approximate surface area is 192 Å². The van der Waals surface area contributed by atoms with Gasteiger partial charge in [0.05, 0.1) is 5.56 Å². The highest BCUT2D eigenvalue weighted by atomic mass is 31.1. The minimum absolute atomic E-state index is 0.145. The minimum Gasteiger partial charge on any atom is -0.234 e. The lowest BCUT2D eigenvalue weighted by molar-refractivity contribution is 0.107. The van der Waals surface area contributed by atoms with E-state index >= 15 is 0 Å². The van der Waals surface area contributed by atoms with Crippen LogP contribution in [0.15, 0.2) is 12.1 Å². The molecule has 1 aromatic carbocycles. The Hall–Kier alpha value is -1.01. The van der Waals surface area contributed by atoms with Gasteiger partial charge in [-0.3, -0.25) is 0 Å². The second kappa shape index (κ2) is 14.9. The average molecular weight is 446 g/mol. The van der Waals surface area contributed by atoms with Crippen LogP contribution in [0.2, 0.25) is 0 Å². The third-order valence-electron chi connectivity index (χ3n) is 7.07. The summed E-state index contributed by atoms with van der Waals surface area (Å²) in [6.45, 7) is 5.94. The molecule has 0 saturated heterocycles. The number of benzene rings is 1. The van der Waals surface area contributed by atoms with Gasteiger partial charge in [0, 0.05) is 0 Å². The van der Waals surface area contributed by atoms with E-state index in [4.69, 9.17) is 0 Å². The van der Waals surface area contributed by atoms with Crippen LogP contribution in [0.1, 0.15) is 130 Å². The van der Waals surface area contributed by atoms with Crippen LogP contribution >= 0.6 is 7.80 Å². The maximum absolute atomic E-state index is 12.6. The zero-order valence-electron chi connectivity index (χ0n) is 20.5. The van der Waals surface area contributed by atoms with Crippen molar-refractivity contribution >= 4 is 13.3 Å². The first kappa shape index (κ1) is 26.2. The number of hydrogen-bond donors (Lipinski definition) is 0. The Morgan fingerprint density at radius 1 is 0.774 bits per heavy atom. The van der Waals surface area contributed by atoms with E-state index in [-0.39, 0.29) is 5.52 Å². The maximum atomic E-state index is 12.6. The average Bonchev–Trinajstić information content (AvgIpc) is 2.74. The summed E-state index contributed by atoms with van der Waals surface area (Å²) in [6, 6.07) is 4.03. The molecule has 174 valence electrons. The minimum atomic E-state index is -1.79. The van der Waals surface area contributed by atoms with Crippen molar-refractivity contribution in [2.45, 2.75) is 124 Å². The number of carbonyl (C=O) groups is 1. The second-order valence-electron chi connectivity index (χ2n) is 10.0. The zero-order valence-corrected chi connectivity index (χ0v) is 21.4. The van der Waals surface area contributed by atoms with Crippen LogP contribution < -0.4 is 0 Å². The van der Waals surface area contributed by atoms with Crippen LogP contribution in [-0.2, 0) is 4.57 Å². The Balaban J connectivity index is 1.44. The number of carbonyl (C=O) groups excluding carboxylic acids is 1. The van der Waals surface area contributed by atoms with Crippen LogP contribution in [0.25, 0.3) is 0 Å². The molecule has 1 saturated carbocycles. The smallest absolute Gasteiger partial charge is 0.234 e. The van der Waals surface area contributed by atoms with Gasteiger partial charge in [-0.05, 0) is 50.7 Å². The molecular weight excluding hydrogens is 399 g/mol. The lowest BCUT2D eigenvalue weighted by Crippen LogP contribution is -2.05. The molecule has 0 bridgehead atoms. The van der Waals surface area contributed by atoms with Gasteiger partial charge < -0.3 is 0 Å². The van der Waals surface area contributed by atoms with E-state index in [9.17, 15) is 9.36 Å². The number of unbranched alkanes of at least 4 members (excludes halogenated alkanes) is 9. The molecule has 0 radical (unpaired) electrons. The normalized spacial score (nSPS) is 15.3. The predicted octanol–water partition coefficient (Wildman–Crippen LogP) is 9.45. The van der Waals surface area contributed by atoms with Gasteiger partial charge >= 0.3 is 13.3 Å². The van der Waals surface area contributed by atoms with E-state index in [1.165, 1.54) is 89.9 Å². The molecule has 0 aliphatic heterocycles. The molecule has 1 aliphatic carbocycles. The highest BCUT2D eigenvalue weighted by Crippen LogP contribution is 2.32. The lowest BCUT2D eigenvalue weighted by Gasteiger charge is -2.21. The van der Waals surface area contributed by atoms with E-state index in [2.05, 4.69) is 0 Å².